The Morgan fingerprint density at radius 2 is 1.80 bits per heavy atom. The SMILES string of the molecule is CCOc1cc(/C=N/NC(=O)C(=O)Nc2ccc(OC)cc2)cc(Br)c1OCc1ccccc1F. The summed E-state index contributed by atoms with van der Waals surface area (Å²) in [6, 6.07) is 16.2. The Kier molecular flexibility index (Phi) is 9.19. The molecule has 0 aromatic heterocycles. The Balaban J connectivity index is 1.64. The summed E-state index contributed by atoms with van der Waals surface area (Å²) < 4.78 is 31.0. The van der Waals surface area contributed by atoms with Gasteiger partial charge < -0.3 is 19.5 Å². The normalized spacial score (nSPS) is 10.6. The molecule has 0 atom stereocenters. The van der Waals surface area contributed by atoms with Gasteiger partial charge in [-0.1, -0.05) is 18.2 Å². The molecule has 0 aliphatic rings. The molecule has 0 unspecified atom stereocenters. The van der Waals surface area contributed by atoms with Crippen LogP contribution in [-0.2, 0) is 16.2 Å². The number of halogens is 2. The van der Waals surface area contributed by atoms with Crippen LogP contribution >= 0.6 is 15.9 Å². The Hall–Kier alpha value is -3.92. The van der Waals surface area contributed by atoms with Gasteiger partial charge in [-0.15, -0.1) is 0 Å². The number of nitrogens with one attached hydrogen (secondary N) is 2. The number of anilines is 1. The highest BCUT2D eigenvalue weighted by atomic mass is 79.9. The number of hydrogen-bond donors (Lipinski definition) is 2. The Bertz CT molecular complexity index is 1220. The molecular formula is C25H23BrFN3O5. The van der Waals surface area contributed by atoms with E-state index in [1.54, 1.807) is 54.6 Å². The standard InChI is InChI=1S/C25H23BrFN3O5/c1-3-34-22-13-16(12-20(26)23(22)35-15-17-6-4-5-7-21(17)27)14-28-30-25(32)24(31)29-18-8-10-19(33-2)11-9-18/h4-14H,3,15H2,1-2H3,(H,29,31)(H,30,32)/b28-14+. The van der Waals surface area contributed by atoms with Crippen LogP contribution < -0.4 is 25.0 Å². The fourth-order valence-electron chi connectivity index (χ4n) is 2.91. The molecule has 3 aromatic rings. The van der Waals surface area contributed by atoms with Gasteiger partial charge in [-0.25, -0.2) is 9.82 Å². The lowest BCUT2D eigenvalue weighted by Crippen LogP contribution is -2.32. The van der Waals surface area contributed by atoms with Gasteiger partial charge in [0.2, 0.25) is 0 Å². The summed E-state index contributed by atoms with van der Waals surface area (Å²) in [7, 11) is 1.53. The van der Waals surface area contributed by atoms with E-state index in [0.29, 0.717) is 45.1 Å². The molecule has 0 saturated heterocycles. The van der Waals surface area contributed by atoms with Crippen LogP contribution in [-0.4, -0.2) is 31.7 Å². The molecule has 182 valence electrons. The van der Waals surface area contributed by atoms with Gasteiger partial charge in [-0.05, 0) is 70.9 Å². The highest BCUT2D eigenvalue weighted by Crippen LogP contribution is 2.37. The smallest absolute Gasteiger partial charge is 0.329 e. The number of hydrazone groups is 1. The number of carbonyl (C=O) groups is 2. The maximum Gasteiger partial charge on any atom is 0.329 e. The molecule has 10 heteroatoms. The lowest BCUT2D eigenvalue weighted by molar-refractivity contribution is -0.136. The molecule has 3 aromatic carbocycles. The number of rotatable bonds is 9. The van der Waals surface area contributed by atoms with Crippen molar-refractivity contribution < 1.29 is 28.2 Å². The number of carbonyl (C=O) groups excluding carboxylic acids is 2. The number of nitrogens with zero attached hydrogens (tertiary/aromatic N) is 1. The first kappa shape index (κ1) is 25.7. The molecule has 0 fully saturated rings. The van der Waals surface area contributed by atoms with Crippen molar-refractivity contribution in [2.75, 3.05) is 19.0 Å². The van der Waals surface area contributed by atoms with Crippen molar-refractivity contribution in [2.45, 2.75) is 13.5 Å². The summed E-state index contributed by atoms with van der Waals surface area (Å²) in [6.45, 7) is 2.19. The van der Waals surface area contributed by atoms with Gasteiger partial charge in [0.05, 0.1) is 24.4 Å². The second-order valence-electron chi connectivity index (χ2n) is 7.02. The molecule has 0 aliphatic carbocycles. The molecule has 0 heterocycles. The molecule has 0 radical (unpaired) electrons. The summed E-state index contributed by atoms with van der Waals surface area (Å²) >= 11 is 3.43. The molecule has 2 amide bonds. The van der Waals surface area contributed by atoms with Crippen LogP contribution in [0.1, 0.15) is 18.1 Å². The molecule has 3 rings (SSSR count). The number of methoxy groups -OCH3 is 1. The van der Waals surface area contributed by atoms with Crippen molar-refractivity contribution in [2.24, 2.45) is 5.10 Å². The fourth-order valence-corrected chi connectivity index (χ4v) is 3.48. The van der Waals surface area contributed by atoms with Crippen LogP contribution in [0.5, 0.6) is 17.2 Å². The zero-order valence-electron chi connectivity index (χ0n) is 19.0. The Morgan fingerprint density at radius 1 is 1.06 bits per heavy atom. The monoisotopic (exact) mass is 543 g/mol. The van der Waals surface area contributed by atoms with Gasteiger partial charge in [-0.2, -0.15) is 5.10 Å². The maximum atomic E-state index is 13.9. The van der Waals surface area contributed by atoms with E-state index in [0.717, 1.165) is 0 Å². The van der Waals surface area contributed by atoms with Crippen LogP contribution in [0.4, 0.5) is 10.1 Å². The largest absolute Gasteiger partial charge is 0.497 e. The third kappa shape index (κ3) is 7.28. The zero-order valence-corrected chi connectivity index (χ0v) is 20.6. The van der Waals surface area contributed by atoms with Gasteiger partial charge in [0.1, 0.15) is 18.2 Å². The lowest BCUT2D eigenvalue weighted by atomic mass is 10.2. The van der Waals surface area contributed by atoms with Crippen LogP contribution in [0.3, 0.4) is 0 Å². The first-order valence-corrected chi connectivity index (χ1v) is 11.3. The number of ether oxygens (including phenoxy) is 3. The molecule has 0 bridgehead atoms. The van der Waals surface area contributed by atoms with Gasteiger partial charge in [0.15, 0.2) is 11.5 Å². The van der Waals surface area contributed by atoms with Crippen LogP contribution in [0.2, 0.25) is 0 Å². The van der Waals surface area contributed by atoms with E-state index >= 15 is 0 Å². The van der Waals surface area contributed by atoms with Gasteiger partial charge in [0.25, 0.3) is 0 Å². The average molecular weight is 544 g/mol. The lowest BCUT2D eigenvalue weighted by Gasteiger charge is -2.15. The fraction of sp³-hybridized carbons (Fsp3) is 0.160. The average Bonchev–Trinajstić information content (AvgIpc) is 2.85. The zero-order chi connectivity index (χ0) is 25.2. The van der Waals surface area contributed by atoms with Crippen LogP contribution in [0.15, 0.2) is 70.2 Å². The molecule has 35 heavy (non-hydrogen) atoms. The summed E-state index contributed by atoms with van der Waals surface area (Å²) in [4.78, 5) is 24.1. The minimum absolute atomic E-state index is 0.0121. The van der Waals surface area contributed by atoms with E-state index in [1.807, 2.05) is 6.92 Å². The van der Waals surface area contributed by atoms with Crippen LogP contribution in [0, 0.1) is 5.82 Å². The van der Waals surface area contributed by atoms with E-state index in [2.05, 4.69) is 31.8 Å². The number of hydrogen-bond acceptors (Lipinski definition) is 6. The molecule has 2 N–H and O–H groups in total. The van der Waals surface area contributed by atoms with Crippen LogP contribution in [0.25, 0.3) is 0 Å². The summed E-state index contributed by atoms with van der Waals surface area (Å²) in [6.07, 6.45) is 1.35. The minimum Gasteiger partial charge on any atom is -0.497 e. The summed E-state index contributed by atoms with van der Waals surface area (Å²) in [5.74, 6) is -0.750. The molecule has 8 nitrogen and oxygen atoms in total. The molecule has 0 aliphatic heterocycles. The molecule has 0 spiro atoms. The van der Waals surface area contributed by atoms with Crippen molar-refractivity contribution in [1.82, 2.24) is 5.43 Å². The predicted molar refractivity (Wildman–Crippen MR) is 133 cm³/mol. The van der Waals surface area contributed by atoms with Crippen molar-refractivity contribution in [3.63, 3.8) is 0 Å². The Labute approximate surface area is 210 Å². The first-order valence-electron chi connectivity index (χ1n) is 10.5. The second-order valence-corrected chi connectivity index (χ2v) is 7.88. The first-order chi connectivity index (χ1) is 16.9. The number of benzene rings is 3. The Morgan fingerprint density at radius 3 is 2.49 bits per heavy atom. The topological polar surface area (TPSA) is 98.2 Å². The third-order valence-corrected chi connectivity index (χ3v) is 5.18. The third-order valence-electron chi connectivity index (χ3n) is 4.60. The van der Waals surface area contributed by atoms with E-state index in [4.69, 9.17) is 14.2 Å². The van der Waals surface area contributed by atoms with Gasteiger partial charge >= 0.3 is 11.8 Å². The number of amides is 2. The van der Waals surface area contributed by atoms with Crippen molar-refractivity contribution >= 4 is 39.6 Å². The predicted octanol–water partition coefficient (Wildman–Crippen LogP) is 4.66. The van der Waals surface area contributed by atoms with Crippen molar-refractivity contribution in [1.29, 1.82) is 0 Å². The highest BCUT2D eigenvalue weighted by molar-refractivity contribution is 9.10. The van der Waals surface area contributed by atoms with E-state index < -0.39 is 11.8 Å². The maximum absolute atomic E-state index is 13.9. The minimum atomic E-state index is -0.939. The van der Waals surface area contributed by atoms with E-state index in [-0.39, 0.29) is 12.4 Å². The van der Waals surface area contributed by atoms with Crippen molar-refractivity contribution in [3.8, 4) is 17.2 Å². The molecule has 0 saturated carbocycles. The summed E-state index contributed by atoms with van der Waals surface area (Å²) in [5.41, 5.74) is 3.58. The summed E-state index contributed by atoms with van der Waals surface area (Å²) in [5, 5.41) is 6.30. The quantitative estimate of drug-likeness (QED) is 0.232. The second kappa shape index (κ2) is 12.5. The highest BCUT2D eigenvalue weighted by Gasteiger charge is 2.15. The molecular weight excluding hydrogens is 521 g/mol. The van der Waals surface area contributed by atoms with E-state index in [1.165, 1.54) is 19.4 Å². The van der Waals surface area contributed by atoms with Gasteiger partial charge in [0, 0.05) is 11.3 Å². The van der Waals surface area contributed by atoms with E-state index in [9.17, 15) is 14.0 Å². The van der Waals surface area contributed by atoms with Crippen molar-refractivity contribution in [3.05, 3.63) is 82.1 Å². The van der Waals surface area contributed by atoms with Gasteiger partial charge in [-0.3, -0.25) is 9.59 Å².